The third kappa shape index (κ3) is 2.52. The second-order valence-corrected chi connectivity index (χ2v) is 6.87. The van der Waals surface area contributed by atoms with E-state index < -0.39 is 11.2 Å². The molecule has 0 saturated carbocycles. The van der Waals surface area contributed by atoms with Gasteiger partial charge in [-0.15, -0.1) is 11.8 Å². The number of aromatic nitrogens is 3. The molecule has 1 unspecified atom stereocenters. The van der Waals surface area contributed by atoms with Gasteiger partial charge in [0.25, 0.3) is 11.6 Å². The van der Waals surface area contributed by atoms with E-state index >= 15 is 0 Å². The molecule has 0 fully saturated rings. The average Bonchev–Trinajstić information content (AvgIpc) is 2.93. The lowest BCUT2D eigenvalue weighted by Crippen LogP contribution is -2.54. The van der Waals surface area contributed by atoms with Gasteiger partial charge in [-0.25, -0.2) is 4.57 Å². The second kappa shape index (κ2) is 5.71. The lowest BCUT2D eigenvalue weighted by molar-refractivity contribution is -0.705. The number of rotatable bonds is 5. The average molecular weight is 316 g/mol. The predicted octanol–water partition coefficient (Wildman–Crippen LogP) is 1.08. The number of fused-ring (bicyclic) bond motifs is 1. The highest BCUT2D eigenvalue weighted by Gasteiger charge is 2.52. The maximum Gasteiger partial charge on any atom is 0.288 e. The smallest absolute Gasteiger partial charge is 0.288 e. The van der Waals surface area contributed by atoms with Crippen LogP contribution in [-0.4, -0.2) is 37.5 Å². The Morgan fingerprint density at radius 1 is 1.35 bits per heavy atom. The van der Waals surface area contributed by atoms with Gasteiger partial charge in [0.05, 0.1) is 23.6 Å². The lowest BCUT2D eigenvalue weighted by Gasteiger charge is -2.33. The zero-order valence-corrected chi connectivity index (χ0v) is 14.0. The summed E-state index contributed by atoms with van der Waals surface area (Å²) in [7, 11) is 0. The molecule has 1 aromatic heterocycles. The van der Waals surface area contributed by atoms with E-state index in [-0.39, 0.29) is 0 Å². The molecule has 1 atom stereocenters. The molecule has 1 aliphatic heterocycles. The molecule has 5 nitrogen and oxygen atoms in total. The highest BCUT2D eigenvalue weighted by Crippen LogP contribution is 2.35. The van der Waals surface area contributed by atoms with Crippen molar-refractivity contribution in [3.05, 3.63) is 23.1 Å². The van der Waals surface area contributed by atoms with Gasteiger partial charge >= 0.3 is 0 Å². The van der Waals surface area contributed by atoms with Crippen LogP contribution in [0.5, 0.6) is 0 Å². The van der Waals surface area contributed by atoms with E-state index in [1.807, 2.05) is 17.1 Å². The van der Waals surface area contributed by atoms with Crippen molar-refractivity contribution in [2.24, 2.45) is 0 Å². The van der Waals surface area contributed by atoms with Crippen molar-refractivity contribution < 1.29 is 14.8 Å². The van der Waals surface area contributed by atoms with Gasteiger partial charge in [0, 0.05) is 12.7 Å². The van der Waals surface area contributed by atoms with Crippen LogP contribution in [0.1, 0.15) is 31.9 Å². The van der Waals surface area contributed by atoms with Gasteiger partial charge in [-0.2, -0.15) is 0 Å². The quantitative estimate of drug-likeness (QED) is 0.796. The first kappa shape index (κ1) is 15.9. The number of hydrogen-bond donors (Lipinski definition) is 2. The molecule has 0 saturated heterocycles. The van der Waals surface area contributed by atoms with Gasteiger partial charge in [0.1, 0.15) is 5.60 Å². The van der Waals surface area contributed by atoms with Crippen molar-refractivity contribution in [2.75, 3.05) is 12.5 Å². The Kier molecular flexibility index (Phi) is 4.53. The highest BCUT2D eigenvalue weighted by molar-refractivity contribution is 8.01. The Balaban J connectivity index is 2.63. The standard InChI is InChI=1S/C13H22N3O2S2/c1-12(2,17)13(18,7-9-19-3)11-15-8-5-6-10(15)14-16(11)20-4/h7,9,17-18H,5-6,8H2,1-4H3/q+1/b9-7+. The maximum absolute atomic E-state index is 11.2. The molecule has 1 aliphatic rings. The molecule has 20 heavy (non-hydrogen) atoms. The summed E-state index contributed by atoms with van der Waals surface area (Å²) in [5, 5.41) is 28.0. The Morgan fingerprint density at radius 2 is 2.05 bits per heavy atom. The second-order valence-electron chi connectivity index (χ2n) is 5.41. The first-order valence-electron chi connectivity index (χ1n) is 6.57. The number of hydrogen-bond acceptors (Lipinski definition) is 5. The Morgan fingerprint density at radius 3 is 2.60 bits per heavy atom. The van der Waals surface area contributed by atoms with Crippen LogP contribution in [0.4, 0.5) is 0 Å². The van der Waals surface area contributed by atoms with Gasteiger partial charge in [-0.1, -0.05) is 0 Å². The van der Waals surface area contributed by atoms with Crippen molar-refractivity contribution in [3.63, 3.8) is 0 Å². The molecule has 2 N–H and O–H groups in total. The fourth-order valence-corrected chi connectivity index (χ4v) is 3.36. The lowest BCUT2D eigenvalue weighted by atomic mass is 9.85. The fraction of sp³-hybridized carbons (Fsp3) is 0.692. The normalized spacial score (nSPS) is 18.5. The minimum Gasteiger partial charge on any atom is -0.386 e. The monoisotopic (exact) mass is 316 g/mol. The summed E-state index contributed by atoms with van der Waals surface area (Å²) in [6.45, 7) is 4.07. The van der Waals surface area contributed by atoms with Gasteiger partial charge < -0.3 is 10.2 Å². The van der Waals surface area contributed by atoms with E-state index in [4.69, 9.17) is 0 Å². The van der Waals surface area contributed by atoms with Crippen LogP contribution in [-0.2, 0) is 18.6 Å². The van der Waals surface area contributed by atoms with Crippen molar-refractivity contribution in [1.29, 1.82) is 0 Å². The van der Waals surface area contributed by atoms with E-state index in [0.29, 0.717) is 5.82 Å². The first-order chi connectivity index (χ1) is 9.35. The van der Waals surface area contributed by atoms with Crippen LogP contribution in [0, 0.1) is 0 Å². The van der Waals surface area contributed by atoms with E-state index in [0.717, 1.165) is 25.2 Å². The van der Waals surface area contributed by atoms with Crippen LogP contribution in [0.3, 0.4) is 0 Å². The summed E-state index contributed by atoms with van der Waals surface area (Å²) in [4.78, 5) is 0. The van der Waals surface area contributed by atoms with Crippen molar-refractivity contribution in [3.8, 4) is 0 Å². The molecule has 7 heteroatoms. The van der Waals surface area contributed by atoms with Crippen molar-refractivity contribution >= 4 is 23.7 Å². The number of aliphatic hydroxyl groups is 2. The van der Waals surface area contributed by atoms with Crippen molar-refractivity contribution in [1.82, 2.24) is 9.19 Å². The third-order valence-corrected chi connectivity index (χ3v) is 4.64. The molecule has 0 radical (unpaired) electrons. The molecule has 0 aromatic carbocycles. The van der Waals surface area contributed by atoms with Gasteiger partial charge in [-0.05, 0) is 42.1 Å². The number of aryl methyl sites for hydroxylation is 1. The van der Waals surface area contributed by atoms with E-state index in [1.165, 1.54) is 23.7 Å². The molecule has 2 rings (SSSR count). The molecule has 0 amide bonds. The zero-order valence-electron chi connectivity index (χ0n) is 12.3. The maximum atomic E-state index is 11.2. The van der Waals surface area contributed by atoms with Gasteiger partial charge in [-0.3, -0.25) is 0 Å². The molecule has 0 bridgehead atoms. The van der Waals surface area contributed by atoms with Crippen LogP contribution in [0.25, 0.3) is 0 Å². The van der Waals surface area contributed by atoms with Gasteiger partial charge in [0.2, 0.25) is 5.60 Å². The predicted molar refractivity (Wildman–Crippen MR) is 82.5 cm³/mol. The Bertz CT molecular complexity index is 522. The van der Waals surface area contributed by atoms with Crippen LogP contribution in [0.2, 0.25) is 0 Å². The Hall–Kier alpha value is -0.500. The van der Waals surface area contributed by atoms with E-state index in [9.17, 15) is 10.2 Å². The van der Waals surface area contributed by atoms with E-state index in [2.05, 4.69) is 5.10 Å². The Labute approximate surface area is 128 Å². The van der Waals surface area contributed by atoms with Crippen LogP contribution in [0.15, 0.2) is 11.5 Å². The number of thioether (sulfide) groups is 1. The number of nitrogens with zero attached hydrogens (tertiary/aromatic N) is 3. The molecule has 0 aliphatic carbocycles. The third-order valence-electron chi connectivity index (χ3n) is 3.63. The molecule has 1 aromatic rings. The zero-order chi connectivity index (χ0) is 15.0. The molecule has 2 heterocycles. The largest absolute Gasteiger partial charge is 0.386 e. The molecule has 112 valence electrons. The summed E-state index contributed by atoms with van der Waals surface area (Å²) < 4.78 is 3.75. The summed E-state index contributed by atoms with van der Waals surface area (Å²) >= 11 is 2.92. The highest BCUT2D eigenvalue weighted by atomic mass is 32.2. The minimum atomic E-state index is -1.48. The summed E-state index contributed by atoms with van der Waals surface area (Å²) in [6, 6.07) is 0. The summed E-state index contributed by atoms with van der Waals surface area (Å²) in [5.74, 6) is 1.60. The molecule has 0 spiro atoms. The molecular formula is C13H22N3O2S2+. The molecular weight excluding hydrogens is 294 g/mol. The van der Waals surface area contributed by atoms with E-state index in [1.54, 1.807) is 29.4 Å². The summed E-state index contributed by atoms with van der Waals surface area (Å²) in [5.41, 5.74) is -2.79. The fourth-order valence-electron chi connectivity index (χ4n) is 2.44. The first-order valence-corrected chi connectivity index (χ1v) is 9.04. The van der Waals surface area contributed by atoms with Crippen LogP contribution >= 0.6 is 23.7 Å². The SMILES string of the molecule is CS/C=C/C(O)(c1n(SC)nc2[n+]1CCC2)C(C)(C)O. The van der Waals surface area contributed by atoms with Crippen LogP contribution < -0.4 is 4.57 Å². The topological polar surface area (TPSA) is 62.2 Å². The minimum absolute atomic E-state index is 0.635. The van der Waals surface area contributed by atoms with Gasteiger partial charge in [0.15, 0.2) is 0 Å². The summed E-state index contributed by atoms with van der Waals surface area (Å²) in [6.07, 6.45) is 7.43. The van der Waals surface area contributed by atoms with Crippen molar-refractivity contribution in [2.45, 2.75) is 44.4 Å².